The van der Waals surface area contributed by atoms with Crippen molar-refractivity contribution in [1.29, 1.82) is 0 Å². The van der Waals surface area contributed by atoms with Crippen LogP contribution in [-0.4, -0.2) is 21.2 Å². The van der Waals surface area contributed by atoms with Gasteiger partial charge < -0.3 is 4.74 Å². The lowest BCUT2D eigenvalue weighted by Crippen LogP contribution is -1.97. The highest BCUT2D eigenvalue weighted by Crippen LogP contribution is 2.30. The summed E-state index contributed by atoms with van der Waals surface area (Å²) in [6.45, 7) is 1.78. The Hall–Kier alpha value is -2.83. The Morgan fingerprint density at radius 2 is 2.00 bits per heavy atom. The number of carbonyl (C=O) groups is 1. The number of hydrogen-bond donors (Lipinski definition) is 0. The molecule has 96 valence electrons. The van der Waals surface area contributed by atoms with E-state index in [4.69, 9.17) is 4.74 Å². The van der Waals surface area contributed by atoms with Crippen LogP contribution in [0.25, 0.3) is 0 Å². The van der Waals surface area contributed by atoms with Crippen molar-refractivity contribution in [3.05, 3.63) is 51.8 Å². The molecular weight excluding hydrogens is 250 g/mol. The van der Waals surface area contributed by atoms with E-state index < -0.39 is 4.92 Å². The summed E-state index contributed by atoms with van der Waals surface area (Å²) < 4.78 is 5.27. The lowest BCUT2D eigenvalue weighted by atomic mass is 10.2. The third-order valence-electron chi connectivity index (χ3n) is 2.30. The van der Waals surface area contributed by atoms with E-state index in [2.05, 4.69) is 9.97 Å². The molecule has 0 aliphatic heterocycles. The van der Waals surface area contributed by atoms with Gasteiger partial charge in [0.25, 0.3) is 0 Å². The number of nitro benzene ring substituents is 1. The highest BCUT2D eigenvalue weighted by Gasteiger charge is 2.16. The first kappa shape index (κ1) is 12.6. The lowest BCUT2D eigenvalue weighted by Gasteiger charge is -2.05. The molecule has 1 aromatic carbocycles. The van der Waals surface area contributed by atoms with E-state index in [1.54, 1.807) is 13.0 Å². The molecule has 1 aromatic heterocycles. The third kappa shape index (κ3) is 2.89. The van der Waals surface area contributed by atoms with Gasteiger partial charge in [-0.15, -0.1) is 0 Å². The first-order valence-corrected chi connectivity index (χ1v) is 5.30. The van der Waals surface area contributed by atoms with Crippen molar-refractivity contribution in [2.45, 2.75) is 6.92 Å². The molecule has 0 saturated heterocycles. The molecule has 0 bridgehead atoms. The van der Waals surface area contributed by atoms with Crippen LogP contribution in [0, 0.1) is 17.0 Å². The predicted molar refractivity (Wildman–Crippen MR) is 65.3 cm³/mol. The molecule has 2 rings (SSSR count). The Balaban J connectivity index is 2.33. The van der Waals surface area contributed by atoms with Gasteiger partial charge in [0.05, 0.1) is 10.5 Å². The van der Waals surface area contributed by atoms with Crippen LogP contribution in [0.4, 0.5) is 5.69 Å². The summed E-state index contributed by atoms with van der Waals surface area (Å²) >= 11 is 0. The van der Waals surface area contributed by atoms with Crippen molar-refractivity contribution in [1.82, 2.24) is 9.97 Å². The third-order valence-corrected chi connectivity index (χ3v) is 2.30. The summed E-state index contributed by atoms with van der Waals surface area (Å²) in [6.07, 6.45) is 3.15. The Morgan fingerprint density at radius 1 is 1.32 bits per heavy atom. The van der Waals surface area contributed by atoms with Gasteiger partial charge in [-0.2, -0.15) is 0 Å². The molecule has 0 amide bonds. The molecule has 7 heteroatoms. The molecule has 0 spiro atoms. The fourth-order valence-electron chi connectivity index (χ4n) is 1.39. The van der Waals surface area contributed by atoms with Crippen LogP contribution in [0.2, 0.25) is 0 Å². The molecule has 19 heavy (non-hydrogen) atoms. The fourth-order valence-corrected chi connectivity index (χ4v) is 1.39. The zero-order chi connectivity index (χ0) is 13.8. The topological polar surface area (TPSA) is 95.2 Å². The van der Waals surface area contributed by atoms with E-state index in [1.807, 2.05) is 0 Å². The SMILES string of the molecule is Cc1ccc([N+](=O)[O-])c(Oc2ncc(C=O)cn2)c1. The maximum Gasteiger partial charge on any atom is 0.322 e. The molecule has 0 fully saturated rings. The average Bonchev–Trinajstić information content (AvgIpc) is 2.39. The van der Waals surface area contributed by atoms with E-state index in [-0.39, 0.29) is 17.4 Å². The number of ether oxygens (including phenoxy) is 1. The predicted octanol–water partition coefficient (Wildman–Crippen LogP) is 2.30. The Kier molecular flexibility index (Phi) is 3.46. The van der Waals surface area contributed by atoms with Gasteiger partial charge in [-0.25, -0.2) is 9.97 Å². The highest BCUT2D eigenvalue weighted by atomic mass is 16.6. The number of aryl methyl sites for hydroxylation is 1. The normalized spacial score (nSPS) is 9.95. The second-order valence-corrected chi connectivity index (χ2v) is 3.75. The van der Waals surface area contributed by atoms with Crippen LogP contribution in [-0.2, 0) is 0 Å². The largest absolute Gasteiger partial charge is 0.417 e. The molecule has 1 heterocycles. The van der Waals surface area contributed by atoms with Gasteiger partial charge in [0.1, 0.15) is 0 Å². The van der Waals surface area contributed by atoms with Crippen LogP contribution in [0.5, 0.6) is 11.8 Å². The quantitative estimate of drug-likeness (QED) is 0.475. The Bertz CT molecular complexity index is 625. The summed E-state index contributed by atoms with van der Waals surface area (Å²) in [6, 6.07) is 4.43. The van der Waals surface area contributed by atoms with Gasteiger partial charge in [-0.05, 0) is 18.6 Å². The van der Waals surface area contributed by atoms with E-state index in [9.17, 15) is 14.9 Å². The summed E-state index contributed by atoms with van der Waals surface area (Å²) in [4.78, 5) is 28.3. The van der Waals surface area contributed by atoms with Crippen molar-refractivity contribution >= 4 is 12.0 Å². The summed E-state index contributed by atoms with van der Waals surface area (Å²) in [7, 11) is 0. The number of benzene rings is 1. The van der Waals surface area contributed by atoms with Gasteiger partial charge in [-0.1, -0.05) is 6.07 Å². The molecule has 7 nitrogen and oxygen atoms in total. The van der Waals surface area contributed by atoms with Gasteiger partial charge in [0.15, 0.2) is 6.29 Å². The molecule has 0 atom stereocenters. The molecule has 0 saturated carbocycles. The minimum absolute atomic E-state index is 0.0562. The number of aromatic nitrogens is 2. The van der Waals surface area contributed by atoms with Crippen LogP contribution >= 0.6 is 0 Å². The molecule has 0 aliphatic rings. The number of hydrogen-bond acceptors (Lipinski definition) is 6. The van der Waals surface area contributed by atoms with Crippen molar-refractivity contribution < 1.29 is 14.5 Å². The molecule has 0 unspecified atom stereocenters. The van der Waals surface area contributed by atoms with E-state index in [0.717, 1.165) is 5.56 Å². The number of nitro groups is 1. The van der Waals surface area contributed by atoms with Crippen LogP contribution in [0.3, 0.4) is 0 Å². The number of nitrogens with zero attached hydrogens (tertiary/aromatic N) is 3. The second-order valence-electron chi connectivity index (χ2n) is 3.75. The van der Waals surface area contributed by atoms with Crippen LogP contribution in [0.1, 0.15) is 15.9 Å². The number of aldehydes is 1. The fraction of sp³-hybridized carbons (Fsp3) is 0.0833. The van der Waals surface area contributed by atoms with Gasteiger partial charge in [0.2, 0.25) is 5.75 Å². The number of carbonyl (C=O) groups excluding carboxylic acids is 1. The number of rotatable bonds is 4. The van der Waals surface area contributed by atoms with Crippen LogP contribution in [0.15, 0.2) is 30.6 Å². The Morgan fingerprint density at radius 3 is 2.58 bits per heavy atom. The standard InChI is InChI=1S/C12H9N3O4/c1-8-2-3-10(15(17)18)11(4-8)19-12-13-5-9(7-16)6-14-12/h2-7H,1H3. The van der Waals surface area contributed by atoms with Gasteiger partial charge in [-0.3, -0.25) is 14.9 Å². The minimum atomic E-state index is -0.547. The summed E-state index contributed by atoms with van der Waals surface area (Å²) in [5, 5.41) is 10.9. The summed E-state index contributed by atoms with van der Waals surface area (Å²) in [5.74, 6) is 0.0591. The Labute approximate surface area is 108 Å². The van der Waals surface area contributed by atoms with E-state index in [0.29, 0.717) is 11.8 Å². The monoisotopic (exact) mass is 259 g/mol. The van der Waals surface area contributed by atoms with Crippen molar-refractivity contribution in [3.8, 4) is 11.8 Å². The second kappa shape index (κ2) is 5.21. The van der Waals surface area contributed by atoms with E-state index in [1.165, 1.54) is 24.5 Å². The maximum atomic E-state index is 10.9. The van der Waals surface area contributed by atoms with E-state index >= 15 is 0 Å². The average molecular weight is 259 g/mol. The lowest BCUT2D eigenvalue weighted by molar-refractivity contribution is -0.385. The first-order valence-electron chi connectivity index (χ1n) is 5.30. The van der Waals surface area contributed by atoms with Crippen molar-refractivity contribution in [3.63, 3.8) is 0 Å². The molecular formula is C12H9N3O4. The summed E-state index contributed by atoms with van der Waals surface area (Å²) in [5.41, 5.74) is 0.935. The first-order chi connectivity index (χ1) is 9.10. The zero-order valence-corrected chi connectivity index (χ0v) is 9.94. The molecule has 0 radical (unpaired) electrons. The molecule has 2 aromatic rings. The van der Waals surface area contributed by atoms with Gasteiger partial charge >= 0.3 is 11.7 Å². The zero-order valence-electron chi connectivity index (χ0n) is 9.94. The van der Waals surface area contributed by atoms with Crippen molar-refractivity contribution in [2.24, 2.45) is 0 Å². The molecule has 0 N–H and O–H groups in total. The molecule has 0 aliphatic carbocycles. The maximum absolute atomic E-state index is 10.9. The smallest absolute Gasteiger partial charge is 0.322 e. The van der Waals surface area contributed by atoms with Crippen molar-refractivity contribution in [2.75, 3.05) is 0 Å². The van der Waals surface area contributed by atoms with Crippen LogP contribution < -0.4 is 4.74 Å². The highest BCUT2D eigenvalue weighted by molar-refractivity contribution is 5.73. The minimum Gasteiger partial charge on any atom is -0.417 e. The van der Waals surface area contributed by atoms with Gasteiger partial charge in [0, 0.05) is 18.5 Å².